The molecule has 0 aliphatic carbocycles. The lowest BCUT2D eigenvalue weighted by molar-refractivity contribution is 0.00578. The summed E-state index contributed by atoms with van der Waals surface area (Å²) in [5, 5.41) is 0. The first kappa shape index (κ1) is 12.8. The molecule has 2 nitrogen and oxygen atoms in total. The molecule has 1 heterocycles. The van der Waals surface area contributed by atoms with E-state index in [9.17, 15) is 0 Å². The lowest BCUT2D eigenvalue weighted by Crippen LogP contribution is -2.41. The maximum absolute atomic E-state index is 5.85. The van der Waals surface area contributed by atoms with Crippen LogP contribution in [0.15, 0.2) is 12.1 Å². The first-order valence-corrected chi connectivity index (χ1v) is 5.82. The highest BCUT2D eigenvalue weighted by Crippen LogP contribution is 2.36. The average Bonchev–Trinajstić information content (AvgIpc) is 2.31. The zero-order chi connectivity index (χ0) is 11.7. The summed E-state index contributed by atoms with van der Waals surface area (Å²) >= 11 is 0. The summed E-state index contributed by atoms with van der Waals surface area (Å²) in [4.78, 5) is 0. The minimum absolute atomic E-state index is 0.191. The molecule has 0 aromatic carbocycles. The Hall–Kier alpha value is -0.275. The molecule has 0 amide bonds. The van der Waals surface area contributed by atoms with Crippen LogP contribution in [-0.2, 0) is 9.31 Å². The number of hydrogen-bond donors (Lipinski definition) is 0. The van der Waals surface area contributed by atoms with E-state index < -0.39 is 0 Å². The number of allylic oxidation sites excluding steroid dienone is 1. The highest BCUT2D eigenvalue weighted by atomic mass is 16.7. The predicted octanol–water partition coefficient (Wildman–Crippen LogP) is 3.22. The third kappa shape index (κ3) is 2.85. The molecule has 86 valence electrons. The van der Waals surface area contributed by atoms with Gasteiger partial charge in [-0.2, -0.15) is 0 Å². The van der Waals surface area contributed by atoms with Crippen LogP contribution >= 0.6 is 0 Å². The van der Waals surface area contributed by atoms with Crippen LogP contribution in [0, 0.1) is 5.92 Å². The Kier molecular flexibility index (Phi) is 3.67. The summed E-state index contributed by atoms with van der Waals surface area (Å²) in [5.74, 6) is 2.62. The van der Waals surface area contributed by atoms with E-state index in [1.54, 1.807) is 0 Å². The van der Waals surface area contributed by atoms with Gasteiger partial charge in [-0.15, -0.1) is 0 Å². The van der Waals surface area contributed by atoms with Gasteiger partial charge in [-0.1, -0.05) is 32.3 Å². The van der Waals surface area contributed by atoms with Crippen LogP contribution in [0.2, 0.25) is 0 Å². The Morgan fingerprint density at radius 1 is 1.13 bits per heavy atom. The molecule has 15 heavy (non-hydrogen) atoms. The Bertz CT molecular complexity index is 230. The quantitative estimate of drug-likeness (QED) is 0.666. The molecule has 0 saturated carbocycles. The zero-order valence-corrected chi connectivity index (χ0v) is 10.8. The lowest BCUT2D eigenvalue weighted by atomic mass is 9.88. The molecule has 0 spiro atoms. The standard InChI is InChI=1S/C12H23BO2/c1-7-10(2)8-9-13-14-11(3,4)12(5,6)15-13/h8-10H,7H2,1-6H3/b9-8+. The van der Waals surface area contributed by atoms with Gasteiger partial charge in [-0.3, -0.25) is 0 Å². The fourth-order valence-electron chi connectivity index (χ4n) is 1.38. The molecule has 1 aliphatic rings. The summed E-state index contributed by atoms with van der Waals surface area (Å²) < 4.78 is 11.7. The van der Waals surface area contributed by atoms with Crippen molar-refractivity contribution >= 4 is 7.12 Å². The monoisotopic (exact) mass is 210 g/mol. The number of rotatable bonds is 3. The highest BCUT2D eigenvalue weighted by Gasteiger charge is 2.49. The van der Waals surface area contributed by atoms with E-state index >= 15 is 0 Å². The highest BCUT2D eigenvalue weighted by molar-refractivity contribution is 6.51. The van der Waals surface area contributed by atoms with Gasteiger partial charge in [-0.25, -0.2) is 0 Å². The van der Waals surface area contributed by atoms with Gasteiger partial charge in [0.25, 0.3) is 0 Å². The summed E-state index contributed by atoms with van der Waals surface area (Å²) in [5.41, 5.74) is -0.449. The maximum Gasteiger partial charge on any atom is 0.486 e. The first-order valence-electron chi connectivity index (χ1n) is 5.82. The fourth-order valence-corrected chi connectivity index (χ4v) is 1.38. The van der Waals surface area contributed by atoms with Crippen molar-refractivity contribution in [2.24, 2.45) is 5.92 Å². The molecule has 0 aromatic heterocycles. The van der Waals surface area contributed by atoms with Gasteiger partial charge in [0.15, 0.2) is 0 Å². The predicted molar refractivity (Wildman–Crippen MR) is 64.7 cm³/mol. The van der Waals surface area contributed by atoms with Crippen molar-refractivity contribution < 1.29 is 9.31 Å². The van der Waals surface area contributed by atoms with Crippen molar-refractivity contribution in [3.8, 4) is 0 Å². The van der Waals surface area contributed by atoms with Crippen LogP contribution in [0.4, 0.5) is 0 Å². The van der Waals surface area contributed by atoms with E-state index in [1.807, 2.05) is 5.98 Å². The van der Waals surface area contributed by atoms with Crippen LogP contribution in [-0.4, -0.2) is 18.3 Å². The second-order valence-electron chi connectivity index (χ2n) is 5.40. The molecule has 1 fully saturated rings. The van der Waals surface area contributed by atoms with Gasteiger partial charge in [-0.05, 0) is 33.6 Å². The second-order valence-corrected chi connectivity index (χ2v) is 5.40. The van der Waals surface area contributed by atoms with Crippen molar-refractivity contribution in [3.63, 3.8) is 0 Å². The summed E-state index contributed by atoms with van der Waals surface area (Å²) in [6.45, 7) is 12.7. The largest absolute Gasteiger partial charge is 0.486 e. The van der Waals surface area contributed by atoms with Gasteiger partial charge in [0.1, 0.15) is 0 Å². The van der Waals surface area contributed by atoms with Crippen LogP contribution < -0.4 is 0 Å². The average molecular weight is 210 g/mol. The Morgan fingerprint density at radius 3 is 2.00 bits per heavy atom. The van der Waals surface area contributed by atoms with Crippen LogP contribution in [0.5, 0.6) is 0 Å². The van der Waals surface area contributed by atoms with E-state index in [2.05, 4.69) is 47.6 Å². The minimum Gasteiger partial charge on any atom is -0.400 e. The molecule has 1 unspecified atom stereocenters. The second kappa shape index (κ2) is 4.30. The van der Waals surface area contributed by atoms with Gasteiger partial charge >= 0.3 is 7.12 Å². The van der Waals surface area contributed by atoms with Gasteiger partial charge in [0.2, 0.25) is 0 Å². The van der Waals surface area contributed by atoms with E-state index in [0.717, 1.165) is 6.42 Å². The normalized spacial score (nSPS) is 26.1. The zero-order valence-electron chi connectivity index (χ0n) is 10.8. The Balaban J connectivity index is 2.60. The van der Waals surface area contributed by atoms with E-state index in [-0.39, 0.29) is 18.3 Å². The summed E-state index contributed by atoms with van der Waals surface area (Å²) in [6.07, 6.45) is 3.32. The van der Waals surface area contributed by atoms with Crippen molar-refractivity contribution in [3.05, 3.63) is 12.1 Å². The lowest BCUT2D eigenvalue weighted by Gasteiger charge is -2.32. The van der Waals surface area contributed by atoms with Gasteiger partial charge in [0.05, 0.1) is 11.2 Å². The third-order valence-electron chi connectivity index (χ3n) is 3.51. The molecule has 1 saturated heterocycles. The smallest absolute Gasteiger partial charge is 0.400 e. The fraction of sp³-hybridized carbons (Fsp3) is 0.833. The van der Waals surface area contributed by atoms with Crippen molar-refractivity contribution in [2.45, 2.75) is 59.2 Å². The molecule has 1 aliphatic heterocycles. The van der Waals surface area contributed by atoms with Crippen LogP contribution in [0.25, 0.3) is 0 Å². The molecule has 1 atom stereocenters. The van der Waals surface area contributed by atoms with Crippen LogP contribution in [0.3, 0.4) is 0 Å². The van der Waals surface area contributed by atoms with E-state index in [0.29, 0.717) is 5.92 Å². The van der Waals surface area contributed by atoms with Crippen molar-refractivity contribution in [1.82, 2.24) is 0 Å². The van der Waals surface area contributed by atoms with Crippen LogP contribution in [0.1, 0.15) is 48.0 Å². The molecule has 1 rings (SSSR count). The van der Waals surface area contributed by atoms with Gasteiger partial charge < -0.3 is 9.31 Å². The summed E-state index contributed by atoms with van der Waals surface area (Å²) in [7, 11) is -0.191. The van der Waals surface area contributed by atoms with Gasteiger partial charge in [0, 0.05) is 0 Å². The van der Waals surface area contributed by atoms with E-state index in [1.165, 1.54) is 0 Å². The third-order valence-corrected chi connectivity index (χ3v) is 3.51. The maximum atomic E-state index is 5.85. The van der Waals surface area contributed by atoms with Crippen molar-refractivity contribution in [2.75, 3.05) is 0 Å². The minimum atomic E-state index is -0.225. The molecular formula is C12H23BO2. The van der Waals surface area contributed by atoms with Crippen molar-refractivity contribution in [1.29, 1.82) is 0 Å². The molecule has 3 heteroatoms. The topological polar surface area (TPSA) is 18.5 Å². The number of hydrogen-bond acceptors (Lipinski definition) is 2. The molecular weight excluding hydrogens is 187 g/mol. The molecule has 0 aromatic rings. The Morgan fingerprint density at radius 2 is 1.60 bits per heavy atom. The molecule has 0 bridgehead atoms. The molecule has 0 N–H and O–H groups in total. The molecule has 0 radical (unpaired) electrons. The Labute approximate surface area is 94.2 Å². The first-order chi connectivity index (χ1) is 6.78. The summed E-state index contributed by atoms with van der Waals surface area (Å²) in [6, 6.07) is 0. The van der Waals surface area contributed by atoms with E-state index in [4.69, 9.17) is 9.31 Å². The SMILES string of the molecule is CCC(C)/C=C/B1OC(C)(C)C(C)(C)O1.